The van der Waals surface area contributed by atoms with Crippen molar-refractivity contribution in [2.24, 2.45) is 0 Å². The highest BCUT2D eigenvalue weighted by Crippen LogP contribution is 2.38. The SMILES string of the molecule is [2H]c1c([2H])c([2H])c(-c2cccc(-c3c([2H])c([2H])c([2H])c([2H])c3[2H])c2-[n+]2[c-]n(-c3cccc(Oc4ccc5c6ccc(-c7ccccc7)cc6n(-c6cc(C(C)(C)C)ccn6)c5c4)c3)cc2)c([2H])c1[2H]. The summed E-state index contributed by atoms with van der Waals surface area (Å²) in [7, 11) is 0. The molecule has 0 bridgehead atoms. The summed E-state index contributed by atoms with van der Waals surface area (Å²) in [6.07, 6.45) is 8.47. The molecule has 0 fully saturated rings. The summed E-state index contributed by atoms with van der Waals surface area (Å²) in [4.78, 5) is 4.89. The van der Waals surface area contributed by atoms with E-state index in [1.54, 1.807) is 35.2 Å². The second-order valence-corrected chi connectivity index (χ2v) is 15.2. The first-order chi connectivity index (χ1) is 33.0. The minimum atomic E-state index is -0.563. The lowest BCUT2D eigenvalue weighted by Crippen LogP contribution is -2.30. The normalized spacial score (nSPS) is 14.0. The second-order valence-electron chi connectivity index (χ2n) is 15.2. The number of ether oxygens (including phenoxy) is 1. The number of fused-ring (bicyclic) bond motifs is 3. The molecule has 0 spiro atoms. The summed E-state index contributed by atoms with van der Waals surface area (Å²) in [6, 6.07) is 33.9. The zero-order valence-corrected chi connectivity index (χ0v) is 32.5. The van der Waals surface area contributed by atoms with Gasteiger partial charge in [-0.15, -0.1) is 0 Å². The van der Waals surface area contributed by atoms with Gasteiger partial charge in [-0.25, -0.2) is 4.98 Å². The van der Waals surface area contributed by atoms with E-state index in [0.29, 0.717) is 17.2 Å². The van der Waals surface area contributed by atoms with Gasteiger partial charge in [0.15, 0.2) is 0 Å². The van der Waals surface area contributed by atoms with Gasteiger partial charge in [0, 0.05) is 35.4 Å². The predicted molar refractivity (Wildman–Crippen MR) is 240 cm³/mol. The van der Waals surface area contributed by atoms with Crippen LogP contribution in [0.5, 0.6) is 11.5 Å². The van der Waals surface area contributed by atoms with Gasteiger partial charge >= 0.3 is 0 Å². The van der Waals surface area contributed by atoms with Gasteiger partial charge in [0.05, 0.1) is 36.1 Å². The van der Waals surface area contributed by atoms with Crippen LogP contribution in [0.25, 0.3) is 72.4 Å². The molecule has 59 heavy (non-hydrogen) atoms. The molecule has 284 valence electrons. The van der Waals surface area contributed by atoms with Crippen molar-refractivity contribution in [3.05, 3.63) is 212 Å². The molecular formula is C54H42N4O. The van der Waals surface area contributed by atoms with E-state index in [9.17, 15) is 0 Å². The van der Waals surface area contributed by atoms with Crippen molar-refractivity contribution in [2.75, 3.05) is 0 Å². The molecule has 0 aliphatic heterocycles. The number of pyridine rings is 1. The zero-order chi connectivity index (χ0) is 48.6. The fraction of sp³-hybridized carbons (Fsp3) is 0.0741. The molecule has 0 saturated heterocycles. The van der Waals surface area contributed by atoms with Crippen molar-refractivity contribution in [2.45, 2.75) is 26.2 Å². The van der Waals surface area contributed by atoms with Crippen molar-refractivity contribution in [1.82, 2.24) is 14.1 Å². The summed E-state index contributed by atoms with van der Waals surface area (Å²) in [5, 5.41) is 2.10. The van der Waals surface area contributed by atoms with Crippen molar-refractivity contribution in [3.63, 3.8) is 0 Å². The molecule has 5 heteroatoms. The van der Waals surface area contributed by atoms with Crippen molar-refractivity contribution in [3.8, 4) is 62.1 Å². The molecular weight excluding hydrogens is 721 g/mol. The average molecular weight is 773 g/mol. The molecule has 7 aromatic carbocycles. The molecule has 0 atom stereocenters. The predicted octanol–water partition coefficient (Wildman–Crippen LogP) is 13.1. The number of hydrogen-bond acceptors (Lipinski definition) is 2. The Morgan fingerprint density at radius 3 is 1.98 bits per heavy atom. The lowest BCUT2D eigenvalue weighted by Gasteiger charge is -2.20. The van der Waals surface area contributed by atoms with E-state index < -0.39 is 60.4 Å². The van der Waals surface area contributed by atoms with Crippen LogP contribution in [0.1, 0.15) is 40.0 Å². The van der Waals surface area contributed by atoms with E-state index in [0.717, 1.165) is 44.3 Å². The molecule has 0 aliphatic carbocycles. The number of aromatic nitrogens is 4. The summed E-state index contributed by atoms with van der Waals surface area (Å²) < 4.78 is 97.7. The molecule has 0 aliphatic rings. The van der Waals surface area contributed by atoms with Crippen molar-refractivity contribution in [1.29, 1.82) is 0 Å². The third-order valence-corrected chi connectivity index (χ3v) is 10.4. The number of benzene rings is 7. The number of para-hydroxylation sites is 1. The molecule has 0 N–H and O–H groups in total. The highest BCUT2D eigenvalue weighted by Gasteiger charge is 2.20. The molecule has 0 saturated carbocycles. The van der Waals surface area contributed by atoms with Crippen LogP contribution in [0, 0.1) is 6.33 Å². The standard InChI is InChI=1S/C54H42N4O/c1-54(2,3)42-29-30-55-52(34-42)58-50-33-41(38-15-7-4-8-16-38)25-27-48(50)49-28-26-45(36-51(49)58)59-44-22-13-21-43(35-44)56-31-32-57(37-56)53-46(39-17-9-5-10-18-39)23-14-24-47(53)40-19-11-6-12-20-40/h4-36H,1-3H3/i5D,6D,9D,10D,11D,12D,17D,18D,19D,20D. The maximum Gasteiger partial charge on any atom is 0.268 e. The third kappa shape index (κ3) is 6.87. The van der Waals surface area contributed by atoms with Crippen LogP contribution in [-0.2, 0) is 5.41 Å². The Morgan fingerprint density at radius 1 is 0.610 bits per heavy atom. The largest absolute Gasteiger partial charge is 0.458 e. The maximum atomic E-state index is 8.87. The molecule has 5 nitrogen and oxygen atoms in total. The van der Waals surface area contributed by atoms with Crippen LogP contribution in [0.4, 0.5) is 0 Å². The number of rotatable bonds is 8. The van der Waals surface area contributed by atoms with Gasteiger partial charge in [-0.05, 0) is 92.9 Å². The Bertz CT molecular complexity index is 3560. The third-order valence-electron chi connectivity index (χ3n) is 10.4. The topological polar surface area (TPSA) is 35.9 Å². The highest BCUT2D eigenvalue weighted by molar-refractivity contribution is 6.10. The van der Waals surface area contributed by atoms with Crippen LogP contribution in [0.2, 0.25) is 0 Å². The van der Waals surface area contributed by atoms with E-state index in [1.807, 2.05) is 60.8 Å². The molecule has 10 aromatic rings. The summed E-state index contributed by atoms with van der Waals surface area (Å²) in [6.45, 7) is 6.55. The van der Waals surface area contributed by atoms with Gasteiger partial charge in [-0.1, -0.05) is 148 Å². The molecule has 0 radical (unpaired) electrons. The molecule has 3 aromatic heterocycles. The monoisotopic (exact) mass is 772 g/mol. The fourth-order valence-electron chi connectivity index (χ4n) is 7.52. The molecule has 10 rings (SSSR count). The quantitative estimate of drug-likeness (QED) is 0.114. The first-order valence-corrected chi connectivity index (χ1v) is 19.2. The lowest BCUT2D eigenvalue weighted by atomic mass is 9.88. The first-order valence-electron chi connectivity index (χ1n) is 24.2. The molecule has 3 heterocycles. The van der Waals surface area contributed by atoms with Gasteiger partial charge in [0.2, 0.25) is 0 Å². The number of nitrogens with zero attached hydrogens (tertiary/aromatic N) is 4. The minimum Gasteiger partial charge on any atom is -0.458 e. The van der Waals surface area contributed by atoms with Crippen molar-refractivity contribution < 1.29 is 23.0 Å². The number of hydrogen-bond donors (Lipinski definition) is 0. The van der Waals surface area contributed by atoms with Crippen LogP contribution in [0.15, 0.2) is 200 Å². The smallest absolute Gasteiger partial charge is 0.268 e. The van der Waals surface area contributed by atoms with Gasteiger partial charge in [0.25, 0.3) is 6.33 Å². The van der Waals surface area contributed by atoms with E-state index in [1.165, 1.54) is 4.57 Å². The summed E-state index contributed by atoms with van der Waals surface area (Å²) in [5.41, 5.74) is 6.03. The fourth-order valence-corrected chi connectivity index (χ4v) is 7.52. The minimum absolute atomic E-state index is 0.109. The lowest BCUT2D eigenvalue weighted by molar-refractivity contribution is -0.598. The Balaban J connectivity index is 1.08. The van der Waals surface area contributed by atoms with E-state index >= 15 is 0 Å². The van der Waals surface area contributed by atoms with Gasteiger partial charge in [-0.3, -0.25) is 13.7 Å². The van der Waals surface area contributed by atoms with Crippen LogP contribution in [0.3, 0.4) is 0 Å². The Morgan fingerprint density at radius 2 is 1.27 bits per heavy atom. The maximum absolute atomic E-state index is 8.87. The second kappa shape index (κ2) is 14.8. The zero-order valence-electron chi connectivity index (χ0n) is 42.5. The van der Waals surface area contributed by atoms with E-state index in [2.05, 4.69) is 80.2 Å². The average Bonchev–Trinajstić information content (AvgIpc) is 3.97. The van der Waals surface area contributed by atoms with E-state index in [-0.39, 0.29) is 33.4 Å². The van der Waals surface area contributed by atoms with E-state index in [4.69, 9.17) is 23.4 Å². The van der Waals surface area contributed by atoms with Gasteiger partial charge in [-0.2, -0.15) is 0 Å². The molecule has 0 amide bonds. The van der Waals surface area contributed by atoms with Crippen LogP contribution < -0.4 is 9.30 Å². The molecule has 0 unspecified atom stereocenters. The Kier molecular flexibility index (Phi) is 6.62. The van der Waals surface area contributed by atoms with Crippen molar-refractivity contribution >= 4 is 21.8 Å². The summed E-state index contributed by atoms with van der Waals surface area (Å²) >= 11 is 0. The Labute approximate surface area is 358 Å². The summed E-state index contributed by atoms with van der Waals surface area (Å²) in [5.74, 6) is 1.88. The first kappa shape index (κ1) is 26.4. The number of imidazole rings is 1. The van der Waals surface area contributed by atoms with Gasteiger partial charge in [0.1, 0.15) is 17.3 Å². The van der Waals surface area contributed by atoms with Gasteiger partial charge < -0.3 is 4.74 Å². The highest BCUT2D eigenvalue weighted by atomic mass is 16.5. The Hall–Kier alpha value is -7.50. The van der Waals surface area contributed by atoms with Crippen LogP contribution in [-0.4, -0.2) is 14.1 Å². The van der Waals surface area contributed by atoms with Crippen LogP contribution >= 0.6 is 0 Å².